The zero-order valence-corrected chi connectivity index (χ0v) is 15.9. The Morgan fingerprint density at radius 1 is 1.19 bits per heavy atom. The van der Waals surface area contributed by atoms with E-state index in [0.29, 0.717) is 11.8 Å². The molecule has 0 radical (unpaired) electrons. The Morgan fingerprint density at radius 2 is 1.96 bits per heavy atom. The van der Waals surface area contributed by atoms with E-state index in [2.05, 4.69) is 35.0 Å². The number of rotatable bonds is 4. The van der Waals surface area contributed by atoms with Gasteiger partial charge in [-0.15, -0.1) is 0 Å². The van der Waals surface area contributed by atoms with Gasteiger partial charge in [0.05, 0.1) is 0 Å². The molecule has 0 bridgehead atoms. The quantitative estimate of drug-likeness (QED) is 0.525. The van der Waals surface area contributed by atoms with Crippen molar-refractivity contribution in [2.45, 2.75) is 52.0 Å². The molecule has 5 heteroatoms. The minimum atomic E-state index is -0.330. The van der Waals surface area contributed by atoms with E-state index < -0.39 is 0 Å². The fraction of sp³-hybridized carbons (Fsp3) is 0.364. The molecule has 0 saturated heterocycles. The van der Waals surface area contributed by atoms with Crippen LogP contribution >= 0.6 is 0 Å². The number of esters is 1. The van der Waals surface area contributed by atoms with Crippen LogP contribution in [-0.4, -0.2) is 21.4 Å². The molecule has 1 fully saturated rings. The van der Waals surface area contributed by atoms with Gasteiger partial charge in [0, 0.05) is 24.7 Å². The lowest BCUT2D eigenvalue weighted by molar-refractivity contribution is -0.131. The molecule has 1 N–H and O–H groups in total. The summed E-state index contributed by atoms with van der Waals surface area (Å²) >= 11 is 0. The van der Waals surface area contributed by atoms with Gasteiger partial charge in [0.2, 0.25) is 0 Å². The van der Waals surface area contributed by atoms with Gasteiger partial charge in [-0.25, -0.2) is 4.98 Å². The van der Waals surface area contributed by atoms with Crippen LogP contribution in [0.3, 0.4) is 0 Å². The van der Waals surface area contributed by atoms with Crippen molar-refractivity contribution in [3.63, 3.8) is 0 Å². The van der Waals surface area contributed by atoms with E-state index in [1.165, 1.54) is 39.0 Å². The van der Waals surface area contributed by atoms with Crippen LogP contribution in [0.25, 0.3) is 16.9 Å². The van der Waals surface area contributed by atoms with Gasteiger partial charge in [-0.1, -0.05) is 31.4 Å². The molecule has 5 nitrogen and oxygen atoms in total. The monoisotopic (exact) mass is 363 g/mol. The minimum absolute atomic E-state index is 0.330. The number of anilines is 1. The van der Waals surface area contributed by atoms with E-state index in [-0.39, 0.29) is 5.97 Å². The Balaban J connectivity index is 1.84. The van der Waals surface area contributed by atoms with Crippen molar-refractivity contribution < 1.29 is 9.53 Å². The smallest absolute Gasteiger partial charge is 0.308 e. The van der Waals surface area contributed by atoms with E-state index in [9.17, 15) is 4.79 Å². The van der Waals surface area contributed by atoms with Crippen molar-refractivity contribution in [3.8, 4) is 17.0 Å². The number of hydrogen-bond donors (Lipinski definition) is 1. The highest BCUT2D eigenvalue weighted by Gasteiger charge is 2.22. The largest absolute Gasteiger partial charge is 0.426 e. The summed E-state index contributed by atoms with van der Waals surface area (Å²) in [6.45, 7) is 3.49. The zero-order chi connectivity index (χ0) is 18.8. The average Bonchev–Trinajstić information content (AvgIpc) is 3.00. The van der Waals surface area contributed by atoms with E-state index >= 15 is 0 Å². The maximum Gasteiger partial charge on any atom is 0.308 e. The number of ether oxygens (including phenoxy) is 1. The van der Waals surface area contributed by atoms with Crippen LogP contribution in [0.1, 0.15) is 44.6 Å². The third-order valence-electron chi connectivity index (χ3n) is 5.12. The fourth-order valence-electron chi connectivity index (χ4n) is 3.82. The molecule has 27 heavy (non-hydrogen) atoms. The number of aryl methyl sites for hydroxylation is 1. The van der Waals surface area contributed by atoms with Crippen molar-refractivity contribution >= 4 is 17.4 Å². The summed E-state index contributed by atoms with van der Waals surface area (Å²) in [7, 11) is 0. The average molecular weight is 363 g/mol. The first kappa shape index (κ1) is 17.6. The number of nitrogens with one attached hydrogen (secondary N) is 1. The van der Waals surface area contributed by atoms with Gasteiger partial charge < -0.3 is 10.1 Å². The van der Waals surface area contributed by atoms with Gasteiger partial charge in [0.25, 0.3) is 0 Å². The molecule has 1 aliphatic rings. The fourth-order valence-corrected chi connectivity index (χ4v) is 3.82. The van der Waals surface area contributed by atoms with E-state index in [4.69, 9.17) is 9.72 Å². The SMILES string of the molecule is CC(=O)Oc1ccccc1-c1nc2cc(C)ccn2c1NC1CCCCC1. The third-order valence-corrected chi connectivity index (χ3v) is 5.12. The number of imidazole rings is 1. The highest BCUT2D eigenvalue weighted by atomic mass is 16.5. The van der Waals surface area contributed by atoms with Crippen molar-refractivity contribution in [1.82, 2.24) is 9.38 Å². The van der Waals surface area contributed by atoms with Gasteiger partial charge in [0.1, 0.15) is 22.9 Å². The molecule has 4 rings (SSSR count). The Kier molecular flexibility index (Phi) is 4.84. The summed E-state index contributed by atoms with van der Waals surface area (Å²) in [6, 6.07) is 12.2. The number of benzene rings is 1. The Labute approximate surface area is 159 Å². The van der Waals surface area contributed by atoms with Crippen LogP contribution in [0.2, 0.25) is 0 Å². The van der Waals surface area contributed by atoms with Gasteiger partial charge >= 0.3 is 5.97 Å². The van der Waals surface area contributed by atoms with Gasteiger partial charge in [-0.05, 0) is 49.6 Å². The molecule has 1 saturated carbocycles. The van der Waals surface area contributed by atoms with Crippen LogP contribution in [0.4, 0.5) is 5.82 Å². The lowest BCUT2D eigenvalue weighted by atomic mass is 9.95. The minimum Gasteiger partial charge on any atom is -0.426 e. The molecule has 0 atom stereocenters. The van der Waals surface area contributed by atoms with Crippen molar-refractivity contribution in [2.75, 3.05) is 5.32 Å². The van der Waals surface area contributed by atoms with E-state index in [1.54, 1.807) is 0 Å². The molecule has 0 spiro atoms. The molecular formula is C22H25N3O2. The van der Waals surface area contributed by atoms with E-state index in [1.807, 2.05) is 24.3 Å². The van der Waals surface area contributed by atoms with Crippen LogP contribution in [0, 0.1) is 6.92 Å². The summed E-state index contributed by atoms with van der Waals surface area (Å²) in [5.41, 5.74) is 3.70. The second kappa shape index (κ2) is 7.43. The number of para-hydroxylation sites is 1. The molecule has 3 aromatic rings. The second-order valence-corrected chi connectivity index (χ2v) is 7.31. The number of carbonyl (C=O) groups is 1. The zero-order valence-electron chi connectivity index (χ0n) is 15.9. The maximum atomic E-state index is 11.6. The number of hydrogen-bond acceptors (Lipinski definition) is 4. The predicted molar refractivity (Wildman–Crippen MR) is 107 cm³/mol. The highest BCUT2D eigenvalue weighted by Crippen LogP contribution is 2.36. The first-order valence-electron chi connectivity index (χ1n) is 9.65. The maximum absolute atomic E-state index is 11.6. The molecule has 140 valence electrons. The molecular weight excluding hydrogens is 338 g/mol. The van der Waals surface area contributed by atoms with Crippen molar-refractivity contribution in [3.05, 3.63) is 48.2 Å². The molecule has 1 aromatic carbocycles. The third kappa shape index (κ3) is 3.68. The molecule has 2 heterocycles. The van der Waals surface area contributed by atoms with Crippen LogP contribution in [-0.2, 0) is 4.79 Å². The molecule has 1 aliphatic carbocycles. The van der Waals surface area contributed by atoms with Gasteiger partial charge in [0.15, 0.2) is 0 Å². The number of carbonyl (C=O) groups excluding carboxylic acids is 1. The van der Waals surface area contributed by atoms with Gasteiger partial charge in [-0.3, -0.25) is 9.20 Å². The number of nitrogens with zero attached hydrogens (tertiary/aromatic N) is 2. The summed E-state index contributed by atoms with van der Waals surface area (Å²) in [5.74, 6) is 1.18. The lowest BCUT2D eigenvalue weighted by Crippen LogP contribution is -2.23. The van der Waals surface area contributed by atoms with Crippen molar-refractivity contribution in [1.29, 1.82) is 0 Å². The van der Waals surface area contributed by atoms with Crippen LogP contribution in [0.15, 0.2) is 42.6 Å². The number of fused-ring (bicyclic) bond motifs is 1. The van der Waals surface area contributed by atoms with Crippen molar-refractivity contribution in [2.24, 2.45) is 0 Å². The first-order chi connectivity index (χ1) is 13.1. The summed E-state index contributed by atoms with van der Waals surface area (Å²) in [4.78, 5) is 16.4. The molecule has 0 amide bonds. The first-order valence-corrected chi connectivity index (χ1v) is 9.65. The predicted octanol–water partition coefficient (Wildman–Crippen LogP) is 4.98. The summed E-state index contributed by atoms with van der Waals surface area (Å²) in [6.07, 6.45) is 8.22. The Bertz CT molecular complexity index is 971. The standard InChI is InChI=1S/C22H25N3O2/c1-15-12-13-25-20(14-15)24-21(22(25)23-17-8-4-3-5-9-17)18-10-6-7-11-19(18)27-16(2)26/h6-7,10-14,17,23H,3-5,8-9H2,1-2H3. The topological polar surface area (TPSA) is 55.6 Å². The Hall–Kier alpha value is -2.82. The molecule has 0 unspecified atom stereocenters. The molecule has 0 aliphatic heterocycles. The lowest BCUT2D eigenvalue weighted by Gasteiger charge is -2.24. The van der Waals surface area contributed by atoms with Crippen LogP contribution < -0.4 is 10.1 Å². The number of pyridine rings is 1. The highest BCUT2D eigenvalue weighted by molar-refractivity contribution is 5.82. The summed E-state index contributed by atoms with van der Waals surface area (Å²) < 4.78 is 7.55. The second-order valence-electron chi connectivity index (χ2n) is 7.31. The molecule has 2 aromatic heterocycles. The van der Waals surface area contributed by atoms with Gasteiger partial charge in [-0.2, -0.15) is 0 Å². The summed E-state index contributed by atoms with van der Waals surface area (Å²) in [5, 5.41) is 3.73. The Morgan fingerprint density at radius 3 is 2.74 bits per heavy atom. The number of aromatic nitrogens is 2. The normalized spacial score (nSPS) is 15.0. The van der Waals surface area contributed by atoms with Crippen LogP contribution in [0.5, 0.6) is 5.75 Å². The van der Waals surface area contributed by atoms with E-state index in [0.717, 1.165) is 28.3 Å².